The van der Waals surface area contributed by atoms with Crippen LogP contribution in [0.4, 0.5) is 5.69 Å². The van der Waals surface area contributed by atoms with Crippen LogP contribution >= 0.6 is 25.3 Å². The van der Waals surface area contributed by atoms with Crippen molar-refractivity contribution in [2.45, 2.75) is 16.7 Å². The van der Waals surface area contributed by atoms with Crippen LogP contribution in [0.15, 0.2) is 28.0 Å². The van der Waals surface area contributed by atoms with Crippen LogP contribution in [0.25, 0.3) is 0 Å². The third kappa shape index (κ3) is 2.46. The molecule has 0 aromatic heterocycles. The highest BCUT2D eigenvalue weighted by Gasteiger charge is 1.97. The van der Waals surface area contributed by atoms with Crippen LogP contribution in [0.5, 0.6) is 0 Å². The lowest BCUT2D eigenvalue weighted by molar-refractivity contribution is -0.114. The number of hydrogen-bond donors (Lipinski definition) is 3. The van der Waals surface area contributed by atoms with E-state index in [-0.39, 0.29) is 5.91 Å². The highest BCUT2D eigenvalue weighted by Crippen LogP contribution is 2.21. The van der Waals surface area contributed by atoms with Gasteiger partial charge in [-0.2, -0.15) is 0 Å². The molecule has 0 bridgehead atoms. The Labute approximate surface area is 82.2 Å². The lowest BCUT2D eigenvalue weighted by atomic mass is 10.3. The molecule has 0 saturated heterocycles. The molecule has 0 aliphatic rings. The number of rotatable bonds is 1. The third-order valence-electron chi connectivity index (χ3n) is 1.30. The van der Waals surface area contributed by atoms with Crippen molar-refractivity contribution in [2.24, 2.45) is 0 Å². The number of anilines is 1. The topological polar surface area (TPSA) is 29.1 Å². The summed E-state index contributed by atoms with van der Waals surface area (Å²) in [6, 6.07) is 5.33. The summed E-state index contributed by atoms with van der Waals surface area (Å²) in [5.74, 6) is -0.0883. The first kappa shape index (κ1) is 9.48. The van der Waals surface area contributed by atoms with Crippen molar-refractivity contribution in [3.05, 3.63) is 18.2 Å². The second kappa shape index (κ2) is 3.87. The standard InChI is InChI=1S/C8H9NOS2/c1-5(10)9-6-2-3-7(11)8(12)4-6/h2-4,11-12H,1H3,(H,9,10). The molecule has 1 N–H and O–H groups in total. The van der Waals surface area contributed by atoms with Crippen molar-refractivity contribution in [3.63, 3.8) is 0 Å². The Morgan fingerprint density at radius 2 is 2.00 bits per heavy atom. The van der Waals surface area contributed by atoms with Crippen LogP contribution in [-0.2, 0) is 4.79 Å². The summed E-state index contributed by atoms with van der Waals surface area (Å²) >= 11 is 8.31. The summed E-state index contributed by atoms with van der Waals surface area (Å²) in [5.41, 5.74) is 0.741. The van der Waals surface area contributed by atoms with E-state index < -0.39 is 0 Å². The molecule has 0 radical (unpaired) electrons. The van der Waals surface area contributed by atoms with E-state index >= 15 is 0 Å². The maximum atomic E-state index is 10.7. The van der Waals surface area contributed by atoms with Crippen molar-refractivity contribution in [2.75, 3.05) is 5.32 Å². The fourth-order valence-electron chi connectivity index (χ4n) is 0.804. The monoisotopic (exact) mass is 199 g/mol. The summed E-state index contributed by atoms with van der Waals surface area (Å²) < 4.78 is 0. The summed E-state index contributed by atoms with van der Waals surface area (Å²) in [6.07, 6.45) is 0. The van der Waals surface area contributed by atoms with E-state index in [2.05, 4.69) is 30.6 Å². The smallest absolute Gasteiger partial charge is 0.221 e. The van der Waals surface area contributed by atoms with Gasteiger partial charge in [-0.05, 0) is 18.2 Å². The van der Waals surface area contributed by atoms with E-state index in [0.29, 0.717) is 0 Å². The Balaban J connectivity index is 2.89. The Hall–Kier alpha value is -0.610. The van der Waals surface area contributed by atoms with Crippen LogP contribution in [-0.4, -0.2) is 5.91 Å². The molecule has 1 aromatic rings. The van der Waals surface area contributed by atoms with Gasteiger partial charge in [-0.3, -0.25) is 4.79 Å². The summed E-state index contributed by atoms with van der Waals surface area (Å²) in [6.45, 7) is 1.47. The molecule has 4 heteroatoms. The zero-order valence-corrected chi connectivity index (χ0v) is 8.32. The van der Waals surface area contributed by atoms with Crippen LogP contribution in [0.1, 0.15) is 6.92 Å². The normalized spacial score (nSPS) is 9.58. The first-order valence-corrected chi connectivity index (χ1v) is 4.28. The number of thiol groups is 2. The number of hydrogen-bond acceptors (Lipinski definition) is 3. The predicted molar refractivity (Wildman–Crippen MR) is 55.2 cm³/mol. The Kier molecular flexibility index (Phi) is 3.05. The zero-order chi connectivity index (χ0) is 9.14. The molecule has 0 aliphatic carbocycles. The van der Waals surface area contributed by atoms with Crippen molar-refractivity contribution in [1.82, 2.24) is 0 Å². The quantitative estimate of drug-likeness (QED) is 0.595. The lowest BCUT2D eigenvalue weighted by Crippen LogP contribution is -2.05. The molecule has 0 atom stereocenters. The molecule has 0 heterocycles. The van der Waals surface area contributed by atoms with Gasteiger partial charge in [0.15, 0.2) is 0 Å². The van der Waals surface area contributed by atoms with Crippen LogP contribution in [0, 0.1) is 0 Å². The third-order valence-corrected chi connectivity index (χ3v) is 2.23. The molecule has 1 aromatic carbocycles. The van der Waals surface area contributed by atoms with E-state index in [1.165, 1.54) is 6.92 Å². The van der Waals surface area contributed by atoms with Crippen molar-refractivity contribution < 1.29 is 4.79 Å². The maximum Gasteiger partial charge on any atom is 0.221 e. The van der Waals surface area contributed by atoms with Crippen molar-refractivity contribution >= 4 is 36.9 Å². The number of carbonyl (C=O) groups is 1. The minimum absolute atomic E-state index is 0.0883. The minimum Gasteiger partial charge on any atom is -0.326 e. The first-order valence-electron chi connectivity index (χ1n) is 3.39. The van der Waals surface area contributed by atoms with Gasteiger partial charge in [0.2, 0.25) is 5.91 Å². The highest BCUT2D eigenvalue weighted by atomic mass is 32.1. The van der Waals surface area contributed by atoms with Crippen LogP contribution in [0.3, 0.4) is 0 Å². The average molecular weight is 199 g/mol. The first-order chi connectivity index (χ1) is 5.59. The molecule has 0 aliphatic heterocycles. The van der Waals surface area contributed by atoms with Gasteiger partial charge in [-0.25, -0.2) is 0 Å². The SMILES string of the molecule is CC(=O)Nc1ccc(S)c(S)c1. The fourth-order valence-corrected chi connectivity index (χ4v) is 1.16. The molecular weight excluding hydrogens is 190 g/mol. The molecule has 0 spiro atoms. The van der Waals surface area contributed by atoms with Gasteiger partial charge in [0.05, 0.1) is 0 Å². The van der Waals surface area contributed by atoms with Crippen molar-refractivity contribution in [1.29, 1.82) is 0 Å². The zero-order valence-electron chi connectivity index (χ0n) is 6.53. The molecule has 1 rings (SSSR count). The fraction of sp³-hybridized carbons (Fsp3) is 0.125. The Bertz CT molecular complexity index is 312. The molecule has 12 heavy (non-hydrogen) atoms. The Morgan fingerprint density at radius 3 is 2.50 bits per heavy atom. The second-order valence-electron chi connectivity index (χ2n) is 2.38. The van der Waals surface area contributed by atoms with Gasteiger partial charge in [0, 0.05) is 22.4 Å². The summed E-state index contributed by atoms with van der Waals surface area (Å²) in [7, 11) is 0. The van der Waals surface area contributed by atoms with E-state index in [0.717, 1.165) is 15.5 Å². The van der Waals surface area contributed by atoms with E-state index in [1.807, 2.05) is 0 Å². The number of amides is 1. The summed E-state index contributed by atoms with van der Waals surface area (Å²) in [4.78, 5) is 12.2. The van der Waals surface area contributed by atoms with Gasteiger partial charge in [-0.1, -0.05) is 0 Å². The van der Waals surface area contributed by atoms with Gasteiger partial charge in [0.1, 0.15) is 0 Å². The van der Waals surface area contributed by atoms with Gasteiger partial charge < -0.3 is 5.32 Å². The lowest BCUT2D eigenvalue weighted by Gasteiger charge is -2.03. The van der Waals surface area contributed by atoms with Gasteiger partial charge >= 0.3 is 0 Å². The van der Waals surface area contributed by atoms with E-state index in [9.17, 15) is 4.79 Å². The average Bonchev–Trinajstić information content (AvgIpc) is 1.96. The number of nitrogens with one attached hydrogen (secondary N) is 1. The molecule has 1 amide bonds. The maximum absolute atomic E-state index is 10.7. The van der Waals surface area contributed by atoms with Crippen LogP contribution in [0.2, 0.25) is 0 Å². The van der Waals surface area contributed by atoms with E-state index in [4.69, 9.17) is 0 Å². The van der Waals surface area contributed by atoms with Gasteiger partial charge in [-0.15, -0.1) is 25.3 Å². The Morgan fingerprint density at radius 1 is 1.33 bits per heavy atom. The minimum atomic E-state index is -0.0883. The molecule has 0 saturated carbocycles. The van der Waals surface area contributed by atoms with Crippen molar-refractivity contribution in [3.8, 4) is 0 Å². The molecule has 2 nitrogen and oxygen atoms in total. The summed E-state index contributed by atoms with van der Waals surface area (Å²) in [5, 5.41) is 2.65. The molecular formula is C8H9NOS2. The van der Waals surface area contributed by atoms with Crippen LogP contribution < -0.4 is 5.32 Å². The van der Waals surface area contributed by atoms with E-state index in [1.54, 1.807) is 18.2 Å². The largest absolute Gasteiger partial charge is 0.326 e. The molecule has 64 valence electrons. The predicted octanol–water partition coefficient (Wildman–Crippen LogP) is 2.22. The highest BCUT2D eigenvalue weighted by molar-refractivity contribution is 7.83. The second-order valence-corrected chi connectivity index (χ2v) is 3.35. The molecule has 0 unspecified atom stereocenters. The number of carbonyl (C=O) groups excluding carboxylic acids is 1. The van der Waals surface area contributed by atoms with Gasteiger partial charge in [0.25, 0.3) is 0 Å². The number of benzene rings is 1. The molecule has 0 fully saturated rings.